The second kappa shape index (κ2) is 13.4. The zero-order chi connectivity index (χ0) is 27.8. The van der Waals surface area contributed by atoms with Gasteiger partial charge in [-0.3, -0.25) is 14.4 Å². The van der Waals surface area contributed by atoms with Gasteiger partial charge in [-0.15, -0.1) is 0 Å². The van der Waals surface area contributed by atoms with E-state index in [1.807, 2.05) is 26.0 Å². The fraction of sp³-hybridized carbons (Fsp3) is 0.630. The van der Waals surface area contributed by atoms with Crippen LogP contribution in [-0.4, -0.2) is 71.3 Å². The van der Waals surface area contributed by atoms with Crippen molar-refractivity contribution >= 4 is 23.9 Å². The number of hydrogen-bond acceptors (Lipinski definition) is 7. The fourth-order valence-electron chi connectivity index (χ4n) is 3.98. The van der Waals surface area contributed by atoms with Gasteiger partial charge in [-0.25, -0.2) is 4.79 Å². The Labute approximate surface area is 219 Å². The van der Waals surface area contributed by atoms with Crippen LogP contribution in [0.2, 0.25) is 0 Å². The SMILES string of the molecule is CCOC(=O)CCNC(=O)C(c1ccc(CC)cc1)N(C(=O)C(CO)NC(=O)OC(C)(C)C)C1CC1C. The van der Waals surface area contributed by atoms with Crippen LogP contribution in [0.1, 0.15) is 71.6 Å². The summed E-state index contributed by atoms with van der Waals surface area (Å²) in [5, 5.41) is 15.2. The summed E-state index contributed by atoms with van der Waals surface area (Å²) in [6.45, 7) is 10.4. The summed E-state index contributed by atoms with van der Waals surface area (Å²) in [6.07, 6.45) is 0.641. The van der Waals surface area contributed by atoms with E-state index in [1.165, 1.54) is 4.90 Å². The van der Waals surface area contributed by atoms with E-state index in [2.05, 4.69) is 10.6 Å². The average molecular weight is 520 g/mol. The van der Waals surface area contributed by atoms with Crippen molar-refractivity contribution in [1.29, 1.82) is 0 Å². The molecule has 10 heteroatoms. The van der Waals surface area contributed by atoms with Gasteiger partial charge in [0.2, 0.25) is 11.8 Å². The molecule has 1 aromatic rings. The third-order valence-corrected chi connectivity index (χ3v) is 6.01. The predicted octanol–water partition coefficient (Wildman–Crippen LogP) is 2.48. The van der Waals surface area contributed by atoms with Crippen molar-refractivity contribution in [2.75, 3.05) is 19.8 Å². The molecule has 0 radical (unpaired) electrons. The summed E-state index contributed by atoms with van der Waals surface area (Å²) < 4.78 is 10.2. The lowest BCUT2D eigenvalue weighted by Crippen LogP contribution is -2.55. The number of aryl methyl sites for hydroxylation is 1. The molecule has 0 aliphatic heterocycles. The quantitative estimate of drug-likeness (QED) is 0.361. The molecule has 0 aromatic heterocycles. The maximum Gasteiger partial charge on any atom is 0.408 e. The molecule has 37 heavy (non-hydrogen) atoms. The molecule has 1 aliphatic rings. The van der Waals surface area contributed by atoms with Crippen LogP contribution < -0.4 is 10.6 Å². The van der Waals surface area contributed by atoms with Crippen LogP contribution in [0, 0.1) is 5.92 Å². The number of rotatable bonds is 12. The summed E-state index contributed by atoms with van der Waals surface area (Å²) in [6, 6.07) is 4.82. The number of alkyl carbamates (subject to hydrolysis) is 1. The zero-order valence-corrected chi connectivity index (χ0v) is 22.7. The van der Waals surface area contributed by atoms with E-state index in [0.29, 0.717) is 12.0 Å². The molecular formula is C27H41N3O7. The Morgan fingerprint density at radius 2 is 1.76 bits per heavy atom. The molecule has 206 valence electrons. The number of aliphatic hydroxyl groups is 1. The van der Waals surface area contributed by atoms with Gasteiger partial charge in [-0.1, -0.05) is 38.1 Å². The molecular weight excluding hydrogens is 478 g/mol. The highest BCUT2D eigenvalue weighted by Gasteiger charge is 2.48. The molecule has 4 unspecified atom stereocenters. The minimum atomic E-state index is -1.30. The van der Waals surface area contributed by atoms with Crippen molar-refractivity contribution in [2.45, 2.75) is 84.5 Å². The van der Waals surface area contributed by atoms with Gasteiger partial charge in [0.15, 0.2) is 0 Å². The molecule has 10 nitrogen and oxygen atoms in total. The Hall–Kier alpha value is -3.14. The fourth-order valence-corrected chi connectivity index (χ4v) is 3.98. The summed E-state index contributed by atoms with van der Waals surface area (Å²) in [5.41, 5.74) is 0.871. The Morgan fingerprint density at radius 1 is 1.14 bits per heavy atom. The first-order chi connectivity index (χ1) is 17.4. The number of hydrogen-bond donors (Lipinski definition) is 3. The molecule has 3 N–H and O–H groups in total. The van der Waals surface area contributed by atoms with Crippen LogP contribution in [0.4, 0.5) is 4.79 Å². The minimum Gasteiger partial charge on any atom is -0.466 e. The number of nitrogens with zero attached hydrogens (tertiary/aromatic N) is 1. The smallest absolute Gasteiger partial charge is 0.408 e. The van der Waals surface area contributed by atoms with Crippen molar-refractivity contribution in [3.05, 3.63) is 35.4 Å². The van der Waals surface area contributed by atoms with Gasteiger partial charge in [0.05, 0.1) is 19.6 Å². The van der Waals surface area contributed by atoms with Gasteiger partial charge in [-0.05, 0) is 57.6 Å². The van der Waals surface area contributed by atoms with E-state index < -0.39 is 48.2 Å². The first-order valence-electron chi connectivity index (χ1n) is 12.9. The lowest BCUT2D eigenvalue weighted by atomic mass is 10.00. The van der Waals surface area contributed by atoms with Crippen LogP contribution in [-0.2, 0) is 30.3 Å². The number of nitrogens with one attached hydrogen (secondary N) is 2. The third-order valence-electron chi connectivity index (χ3n) is 6.01. The Bertz CT molecular complexity index is 942. The molecule has 0 bridgehead atoms. The van der Waals surface area contributed by atoms with E-state index in [9.17, 15) is 24.3 Å². The van der Waals surface area contributed by atoms with Crippen LogP contribution in [0.15, 0.2) is 24.3 Å². The first-order valence-corrected chi connectivity index (χ1v) is 12.9. The standard InChI is InChI=1S/C27H41N3O7/c1-7-18-9-11-19(12-10-18)23(24(33)28-14-13-22(32)36-8-2)30(21-15-17(21)3)25(34)20(16-31)29-26(35)37-27(4,5)6/h9-12,17,20-21,23,31H,7-8,13-16H2,1-6H3,(H,28,33)(H,29,35). The van der Waals surface area contributed by atoms with Crippen molar-refractivity contribution in [3.63, 3.8) is 0 Å². The second-order valence-corrected chi connectivity index (χ2v) is 10.3. The van der Waals surface area contributed by atoms with Crippen molar-refractivity contribution in [1.82, 2.24) is 15.5 Å². The number of ether oxygens (including phenoxy) is 2. The normalized spacial score (nSPS) is 18.2. The molecule has 1 aromatic carbocycles. The van der Waals surface area contributed by atoms with Crippen LogP contribution in [0.25, 0.3) is 0 Å². The van der Waals surface area contributed by atoms with E-state index >= 15 is 0 Å². The van der Waals surface area contributed by atoms with Crippen LogP contribution in [0.5, 0.6) is 0 Å². The largest absolute Gasteiger partial charge is 0.466 e. The molecule has 4 atom stereocenters. The molecule has 0 spiro atoms. The first kappa shape index (κ1) is 30.1. The topological polar surface area (TPSA) is 134 Å². The average Bonchev–Trinajstić information content (AvgIpc) is 3.55. The van der Waals surface area contributed by atoms with Gasteiger partial charge in [0, 0.05) is 12.6 Å². The van der Waals surface area contributed by atoms with Crippen molar-refractivity contribution in [2.24, 2.45) is 5.92 Å². The Balaban J connectivity index is 2.36. The highest BCUT2D eigenvalue weighted by atomic mass is 16.6. The van der Waals surface area contributed by atoms with Crippen LogP contribution in [0.3, 0.4) is 0 Å². The maximum absolute atomic E-state index is 13.8. The summed E-state index contributed by atoms with van der Waals surface area (Å²) >= 11 is 0. The highest BCUT2D eigenvalue weighted by molar-refractivity contribution is 5.92. The number of esters is 1. The van der Waals surface area contributed by atoms with Gasteiger partial charge < -0.3 is 30.1 Å². The lowest BCUT2D eigenvalue weighted by Gasteiger charge is -2.34. The second-order valence-electron chi connectivity index (χ2n) is 10.3. The number of carbonyl (C=O) groups is 4. The van der Waals surface area contributed by atoms with E-state index in [1.54, 1.807) is 39.8 Å². The lowest BCUT2D eigenvalue weighted by molar-refractivity contribution is -0.145. The molecule has 1 fully saturated rings. The number of carbonyl (C=O) groups excluding carboxylic acids is 4. The Morgan fingerprint density at radius 3 is 2.24 bits per heavy atom. The Kier molecular flexibility index (Phi) is 10.9. The maximum atomic E-state index is 13.8. The summed E-state index contributed by atoms with van der Waals surface area (Å²) in [5.74, 6) is -1.35. The van der Waals surface area contributed by atoms with Gasteiger partial charge >= 0.3 is 12.1 Å². The minimum absolute atomic E-state index is 0.00564. The van der Waals surface area contributed by atoms with Crippen molar-refractivity contribution in [3.8, 4) is 0 Å². The predicted molar refractivity (Wildman–Crippen MR) is 137 cm³/mol. The zero-order valence-electron chi connectivity index (χ0n) is 22.7. The molecule has 0 saturated heterocycles. The van der Waals surface area contributed by atoms with E-state index in [4.69, 9.17) is 9.47 Å². The molecule has 0 heterocycles. The van der Waals surface area contributed by atoms with E-state index in [-0.39, 0.29) is 31.5 Å². The number of benzene rings is 1. The molecule has 3 amide bonds. The summed E-state index contributed by atoms with van der Waals surface area (Å²) in [4.78, 5) is 52.8. The van der Waals surface area contributed by atoms with Gasteiger partial charge in [0.25, 0.3) is 0 Å². The number of aliphatic hydroxyl groups excluding tert-OH is 1. The van der Waals surface area contributed by atoms with Gasteiger partial charge in [0.1, 0.15) is 17.7 Å². The number of amides is 3. The highest BCUT2D eigenvalue weighted by Crippen LogP contribution is 2.40. The van der Waals surface area contributed by atoms with Crippen molar-refractivity contribution < 1.29 is 33.8 Å². The van der Waals surface area contributed by atoms with Gasteiger partial charge in [-0.2, -0.15) is 0 Å². The summed E-state index contributed by atoms with van der Waals surface area (Å²) in [7, 11) is 0. The third kappa shape index (κ3) is 9.03. The molecule has 1 aliphatic carbocycles. The van der Waals surface area contributed by atoms with E-state index in [0.717, 1.165) is 12.0 Å². The monoisotopic (exact) mass is 519 g/mol. The molecule has 1 saturated carbocycles. The molecule has 2 rings (SSSR count). The van der Waals surface area contributed by atoms with Crippen LogP contribution >= 0.6 is 0 Å².